The number of hydrogen-bond donors (Lipinski definition) is 2. The lowest BCUT2D eigenvalue weighted by Crippen LogP contribution is -2.32. The number of sulfonamides is 1. The van der Waals surface area contributed by atoms with Crippen molar-refractivity contribution in [2.24, 2.45) is 0 Å². The first-order chi connectivity index (χ1) is 13.8. The minimum absolute atomic E-state index is 0.0447. The predicted molar refractivity (Wildman–Crippen MR) is 108 cm³/mol. The molecule has 0 heterocycles. The molecule has 1 amide bonds. The molecule has 156 valence electrons. The van der Waals surface area contributed by atoms with Crippen molar-refractivity contribution in [2.75, 3.05) is 19.0 Å². The summed E-state index contributed by atoms with van der Waals surface area (Å²) in [6, 6.07) is 11.9. The van der Waals surface area contributed by atoms with Crippen LogP contribution in [0.15, 0.2) is 53.4 Å². The van der Waals surface area contributed by atoms with Crippen molar-refractivity contribution < 1.29 is 27.5 Å². The number of anilines is 1. The van der Waals surface area contributed by atoms with Gasteiger partial charge in [-0.2, -0.15) is 0 Å². The van der Waals surface area contributed by atoms with Crippen LogP contribution in [0.3, 0.4) is 0 Å². The van der Waals surface area contributed by atoms with Crippen LogP contribution in [0.1, 0.15) is 30.6 Å². The Morgan fingerprint density at radius 3 is 2.34 bits per heavy atom. The molecule has 0 saturated carbocycles. The van der Waals surface area contributed by atoms with Gasteiger partial charge in [0.2, 0.25) is 10.0 Å². The number of methoxy groups -OCH3 is 1. The number of carbonyl (C=O) groups excluding carboxylic acids is 2. The first-order valence-electron chi connectivity index (χ1n) is 8.99. The molecule has 0 saturated heterocycles. The number of rotatable bonds is 9. The highest BCUT2D eigenvalue weighted by Crippen LogP contribution is 2.22. The number of carbonyl (C=O) groups is 2. The highest BCUT2D eigenvalue weighted by Gasteiger charge is 2.18. The van der Waals surface area contributed by atoms with Gasteiger partial charge in [0, 0.05) is 6.04 Å². The normalized spacial score (nSPS) is 12.1. The molecule has 0 aliphatic rings. The third kappa shape index (κ3) is 6.30. The average molecular weight is 420 g/mol. The van der Waals surface area contributed by atoms with E-state index in [2.05, 4.69) is 10.0 Å². The largest absolute Gasteiger partial charge is 0.495 e. The molecule has 0 radical (unpaired) electrons. The molecule has 2 aromatic carbocycles. The van der Waals surface area contributed by atoms with E-state index in [1.165, 1.54) is 31.4 Å². The summed E-state index contributed by atoms with van der Waals surface area (Å²) in [7, 11) is -2.18. The highest BCUT2D eigenvalue weighted by molar-refractivity contribution is 7.89. The second-order valence-corrected chi connectivity index (χ2v) is 7.99. The standard InChI is InChI=1S/C20H24N2O6S/c1-4-14(2)22-29(25,26)16-11-9-15(10-12-16)20(24)28-13-19(23)21-17-7-5-6-8-18(17)27-3/h5-12,14,22H,4,13H2,1-3H3,(H,21,23). The van der Waals surface area contributed by atoms with E-state index < -0.39 is 28.5 Å². The average Bonchev–Trinajstić information content (AvgIpc) is 2.72. The summed E-state index contributed by atoms with van der Waals surface area (Å²) in [6.07, 6.45) is 0.653. The van der Waals surface area contributed by atoms with Crippen molar-refractivity contribution in [1.82, 2.24) is 4.72 Å². The highest BCUT2D eigenvalue weighted by atomic mass is 32.2. The van der Waals surface area contributed by atoms with Crippen LogP contribution in [-0.2, 0) is 19.6 Å². The van der Waals surface area contributed by atoms with Gasteiger partial charge in [0.1, 0.15) is 5.75 Å². The molecular formula is C20H24N2O6S. The fourth-order valence-corrected chi connectivity index (χ4v) is 3.66. The lowest BCUT2D eigenvalue weighted by atomic mass is 10.2. The number of nitrogens with one attached hydrogen (secondary N) is 2. The van der Waals surface area contributed by atoms with Crippen LogP contribution in [0.25, 0.3) is 0 Å². The molecule has 2 aromatic rings. The van der Waals surface area contributed by atoms with Crippen molar-refractivity contribution in [2.45, 2.75) is 31.2 Å². The minimum atomic E-state index is -3.66. The third-order valence-electron chi connectivity index (χ3n) is 4.08. The monoisotopic (exact) mass is 420 g/mol. The zero-order valence-corrected chi connectivity index (χ0v) is 17.3. The van der Waals surface area contributed by atoms with Crippen molar-refractivity contribution >= 4 is 27.6 Å². The number of para-hydroxylation sites is 2. The number of amides is 1. The van der Waals surface area contributed by atoms with Gasteiger partial charge in [-0.3, -0.25) is 4.79 Å². The minimum Gasteiger partial charge on any atom is -0.495 e. The Hall–Kier alpha value is -2.91. The summed E-state index contributed by atoms with van der Waals surface area (Å²) in [6.45, 7) is 3.14. The lowest BCUT2D eigenvalue weighted by molar-refractivity contribution is -0.119. The van der Waals surface area contributed by atoms with E-state index in [1.54, 1.807) is 31.2 Å². The van der Waals surface area contributed by atoms with Gasteiger partial charge < -0.3 is 14.8 Å². The molecular weight excluding hydrogens is 396 g/mol. The molecule has 9 heteroatoms. The summed E-state index contributed by atoms with van der Waals surface area (Å²) in [5.74, 6) is -0.784. The van der Waals surface area contributed by atoms with Crippen LogP contribution in [0.5, 0.6) is 5.75 Å². The molecule has 1 unspecified atom stereocenters. The Morgan fingerprint density at radius 1 is 1.07 bits per heavy atom. The third-order valence-corrected chi connectivity index (χ3v) is 5.69. The maximum Gasteiger partial charge on any atom is 0.338 e. The van der Waals surface area contributed by atoms with Crippen LogP contribution in [0.4, 0.5) is 5.69 Å². The Kier molecular flexibility index (Phi) is 7.74. The number of ether oxygens (including phenoxy) is 2. The SMILES string of the molecule is CCC(C)NS(=O)(=O)c1ccc(C(=O)OCC(=O)Nc2ccccc2OC)cc1. The summed E-state index contributed by atoms with van der Waals surface area (Å²) in [5, 5.41) is 2.59. The molecule has 29 heavy (non-hydrogen) atoms. The van der Waals surface area contributed by atoms with Gasteiger partial charge >= 0.3 is 5.97 Å². The molecule has 0 fully saturated rings. The second-order valence-electron chi connectivity index (χ2n) is 6.28. The zero-order valence-electron chi connectivity index (χ0n) is 16.5. The lowest BCUT2D eigenvalue weighted by Gasteiger charge is -2.12. The maximum absolute atomic E-state index is 12.2. The summed E-state index contributed by atoms with van der Waals surface area (Å²) >= 11 is 0. The van der Waals surface area contributed by atoms with Crippen molar-refractivity contribution in [3.05, 3.63) is 54.1 Å². The van der Waals surface area contributed by atoms with E-state index in [0.717, 1.165) is 0 Å². The van der Waals surface area contributed by atoms with Crippen LogP contribution >= 0.6 is 0 Å². The van der Waals surface area contributed by atoms with Gasteiger partial charge in [-0.25, -0.2) is 17.9 Å². The van der Waals surface area contributed by atoms with Crippen molar-refractivity contribution in [3.8, 4) is 5.75 Å². The van der Waals surface area contributed by atoms with Crippen molar-refractivity contribution in [1.29, 1.82) is 0 Å². The fraction of sp³-hybridized carbons (Fsp3) is 0.300. The van der Waals surface area contributed by atoms with Gasteiger partial charge in [-0.05, 0) is 49.7 Å². The Morgan fingerprint density at radius 2 is 1.72 bits per heavy atom. The Bertz CT molecular complexity index is 957. The molecule has 1 atom stereocenters. The molecule has 2 rings (SSSR count). The van der Waals surface area contributed by atoms with E-state index >= 15 is 0 Å². The van der Waals surface area contributed by atoms with Crippen LogP contribution in [-0.4, -0.2) is 40.1 Å². The molecule has 0 aliphatic heterocycles. The van der Waals surface area contributed by atoms with Gasteiger partial charge in [-0.1, -0.05) is 19.1 Å². The zero-order chi connectivity index (χ0) is 21.4. The van der Waals surface area contributed by atoms with E-state index in [-0.39, 0.29) is 16.5 Å². The van der Waals surface area contributed by atoms with E-state index in [0.29, 0.717) is 17.9 Å². The summed E-state index contributed by atoms with van der Waals surface area (Å²) < 4.78 is 37.1. The number of hydrogen-bond acceptors (Lipinski definition) is 6. The smallest absolute Gasteiger partial charge is 0.338 e. The Labute approximate surface area is 170 Å². The number of benzene rings is 2. The number of esters is 1. The summed E-state index contributed by atoms with van der Waals surface area (Å²) in [5.41, 5.74) is 0.594. The molecule has 0 aromatic heterocycles. The van der Waals surface area contributed by atoms with Gasteiger partial charge in [-0.15, -0.1) is 0 Å². The van der Waals surface area contributed by atoms with Crippen LogP contribution in [0.2, 0.25) is 0 Å². The quantitative estimate of drug-likeness (QED) is 0.603. The summed E-state index contributed by atoms with van der Waals surface area (Å²) in [4.78, 5) is 24.2. The van der Waals surface area contributed by atoms with Crippen LogP contribution < -0.4 is 14.8 Å². The molecule has 2 N–H and O–H groups in total. The van der Waals surface area contributed by atoms with Crippen LogP contribution in [0, 0.1) is 0 Å². The second kappa shape index (κ2) is 10.0. The van der Waals surface area contributed by atoms with Gasteiger partial charge in [0.25, 0.3) is 5.91 Å². The van der Waals surface area contributed by atoms with Gasteiger partial charge in [0.15, 0.2) is 6.61 Å². The first-order valence-corrected chi connectivity index (χ1v) is 10.5. The van der Waals surface area contributed by atoms with Gasteiger partial charge in [0.05, 0.1) is 23.3 Å². The topological polar surface area (TPSA) is 111 Å². The van der Waals surface area contributed by atoms with E-state index in [1.807, 2.05) is 6.92 Å². The predicted octanol–water partition coefficient (Wildman–Crippen LogP) is 2.57. The molecule has 0 spiro atoms. The fourth-order valence-electron chi connectivity index (χ4n) is 2.34. The van der Waals surface area contributed by atoms with E-state index in [4.69, 9.17) is 9.47 Å². The first kappa shape index (κ1) is 22.4. The molecule has 8 nitrogen and oxygen atoms in total. The van der Waals surface area contributed by atoms with Crippen molar-refractivity contribution in [3.63, 3.8) is 0 Å². The molecule has 0 bridgehead atoms. The van der Waals surface area contributed by atoms with E-state index in [9.17, 15) is 18.0 Å². The Balaban J connectivity index is 1.95. The molecule has 0 aliphatic carbocycles. The maximum atomic E-state index is 12.2.